The monoisotopic (exact) mass is 571 g/mol. The van der Waals surface area contributed by atoms with Gasteiger partial charge >= 0.3 is 7.12 Å². The Balaban J connectivity index is 1.26. The molecule has 0 unspecified atom stereocenters. The molecule has 0 spiro atoms. The Morgan fingerprint density at radius 3 is 1.75 bits per heavy atom. The molecule has 7 aromatic carbocycles. The third kappa shape index (κ3) is 4.37. The van der Waals surface area contributed by atoms with Crippen LogP contribution in [0.4, 0.5) is 17.1 Å². The lowest BCUT2D eigenvalue weighted by molar-refractivity contribution is 0.00578. The molecule has 0 aromatic heterocycles. The molecule has 1 aliphatic heterocycles. The Kier molecular flexibility index (Phi) is 6.10. The maximum absolute atomic E-state index is 6.34. The topological polar surface area (TPSA) is 21.7 Å². The van der Waals surface area contributed by atoms with E-state index in [4.69, 9.17) is 9.31 Å². The quantitative estimate of drug-likeness (QED) is 0.155. The number of fused-ring (bicyclic) bond motifs is 5. The maximum Gasteiger partial charge on any atom is 0.494 e. The van der Waals surface area contributed by atoms with Crippen LogP contribution in [-0.2, 0) is 9.31 Å². The molecule has 1 saturated heterocycles. The van der Waals surface area contributed by atoms with E-state index in [2.05, 4.69) is 166 Å². The van der Waals surface area contributed by atoms with Crippen molar-refractivity contribution >= 4 is 72.7 Å². The molecule has 0 atom stereocenters. The van der Waals surface area contributed by atoms with E-state index in [0.717, 1.165) is 22.5 Å². The highest BCUT2D eigenvalue weighted by atomic mass is 16.7. The molecular weight excluding hydrogens is 537 g/mol. The van der Waals surface area contributed by atoms with Gasteiger partial charge in [0.15, 0.2) is 0 Å². The predicted molar refractivity (Wildman–Crippen MR) is 187 cm³/mol. The van der Waals surface area contributed by atoms with Gasteiger partial charge in [0.2, 0.25) is 0 Å². The lowest BCUT2D eigenvalue weighted by atomic mass is 9.78. The summed E-state index contributed by atoms with van der Waals surface area (Å²) >= 11 is 0. The van der Waals surface area contributed by atoms with E-state index in [9.17, 15) is 0 Å². The van der Waals surface area contributed by atoms with Gasteiger partial charge in [0, 0.05) is 16.8 Å². The van der Waals surface area contributed by atoms with Gasteiger partial charge in [0.1, 0.15) is 0 Å². The number of benzene rings is 7. The van der Waals surface area contributed by atoms with Crippen molar-refractivity contribution in [3.63, 3.8) is 0 Å². The van der Waals surface area contributed by atoms with Crippen LogP contribution < -0.4 is 10.4 Å². The molecular formula is C40H34BNO2. The summed E-state index contributed by atoms with van der Waals surface area (Å²) in [7, 11) is -0.376. The first-order valence-electron chi connectivity index (χ1n) is 15.4. The van der Waals surface area contributed by atoms with Crippen molar-refractivity contribution in [2.75, 3.05) is 4.90 Å². The minimum Gasteiger partial charge on any atom is -0.399 e. The molecule has 0 amide bonds. The van der Waals surface area contributed by atoms with E-state index in [1.165, 1.54) is 43.1 Å². The lowest BCUT2D eigenvalue weighted by Gasteiger charge is -2.32. The molecule has 0 aliphatic carbocycles. The number of nitrogens with zero attached hydrogens (tertiary/aromatic N) is 1. The molecule has 0 radical (unpaired) electrons. The summed E-state index contributed by atoms with van der Waals surface area (Å²) in [4.78, 5) is 2.39. The zero-order valence-corrected chi connectivity index (χ0v) is 25.5. The van der Waals surface area contributed by atoms with Crippen molar-refractivity contribution in [3.05, 3.63) is 133 Å². The first-order chi connectivity index (χ1) is 21.3. The van der Waals surface area contributed by atoms with Gasteiger partial charge < -0.3 is 14.2 Å². The Bertz CT molecular complexity index is 2200. The van der Waals surface area contributed by atoms with Gasteiger partial charge in [-0.3, -0.25) is 0 Å². The lowest BCUT2D eigenvalue weighted by Crippen LogP contribution is -2.41. The van der Waals surface area contributed by atoms with Crippen LogP contribution in [0, 0.1) is 0 Å². The zero-order valence-electron chi connectivity index (χ0n) is 25.5. The molecule has 1 fully saturated rings. The van der Waals surface area contributed by atoms with E-state index in [0.29, 0.717) is 0 Å². The fourth-order valence-electron chi connectivity index (χ4n) is 6.49. The van der Waals surface area contributed by atoms with E-state index >= 15 is 0 Å². The molecule has 8 rings (SSSR count). The molecule has 3 nitrogen and oxygen atoms in total. The van der Waals surface area contributed by atoms with Crippen molar-refractivity contribution in [1.29, 1.82) is 0 Å². The number of rotatable bonds is 4. The molecule has 7 aromatic rings. The molecule has 0 bridgehead atoms. The van der Waals surface area contributed by atoms with Crippen molar-refractivity contribution < 1.29 is 9.31 Å². The summed E-state index contributed by atoms with van der Waals surface area (Å²) in [6.07, 6.45) is 0. The van der Waals surface area contributed by atoms with Crippen LogP contribution in [-0.4, -0.2) is 18.3 Å². The Morgan fingerprint density at radius 2 is 1.00 bits per heavy atom. The normalized spacial score (nSPS) is 15.9. The SMILES string of the molecule is CC1(C)OB(c2ccc3c(ccc4cc(N(c5ccc6ccccc6c5)c5cccc6ccccc56)ccc43)c2)OC1(C)C. The Labute approximate surface area is 258 Å². The van der Waals surface area contributed by atoms with Gasteiger partial charge in [-0.1, -0.05) is 103 Å². The van der Waals surface area contributed by atoms with Crippen molar-refractivity contribution in [3.8, 4) is 0 Å². The first-order valence-corrected chi connectivity index (χ1v) is 15.4. The van der Waals surface area contributed by atoms with Gasteiger partial charge in [-0.05, 0) is 101 Å². The second-order valence-electron chi connectivity index (χ2n) is 12.9. The summed E-state index contributed by atoms with van der Waals surface area (Å²) in [5, 5.41) is 9.72. The van der Waals surface area contributed by atoms with Crippen LogP contribution in [0.3, 0.4) is 0 Å². The molecule has 1 aliphatic rings. The largest absolute Gasteiger partial charge is 0.494 e. The summed E-state index contributed by atoms with van der Waals surface area (Å²) in [5.41, 5.74) is 3.72. The fourth-order valence-corrected chi connectivity index (χ4v) is 6.49. The van der Waals surface area contributed by atoms with Gasteiger partial charge in [0.25, 0.3) is 0 Å². The molecule has 4 heteroatoms. The fraction of sp³-hybridized carbons (Fsp3) is 0.150. The molecule has 44 heavy (non-hydrogen) atoms. The minimum atomic E-state index is -0.376. The van der Waals surface area contributed by atoms with Crippen molar-refractivity contribution in [1.82, 2.24) is 0 Å². The van der Waals surface area contributed by atoms with E-state index in [1.54, 1.807) is 0 Å². The van der Waals surface area contributed by atoms with Crippen LogP contribution in [0.5, 0.6) is 0 Å². The van der Waals surface area contributed by atoms with Crippen LogP contribution in [0.1, 0.15) is 27.7 Å². The van der Waals surface area contributed by atoms with Gasteiger partial charge in [-0.25, -0.2) is 0 Å². The summed E-state index contributed by atoms with van der Waals surface area (Å²) < 4.78 is 12.7. The average Bonchev–Trinajstić information content (AvgIpc) is 3.26. The van der Waals surface area contributed by atoms with Gasteiger partial charge in [-0.15, -0.1) is 0 Å². The Morgan fingerprint density at radius 1 is 0.455 bits per heavy atom. The number of anilines is 3. The van der Waals surface area contributed by atoms with E-state index < -0.39 is 0 Å². The van der Waals surface area contributed by atoms with Gasteiger partial charge in [0.05, 0.1) is 16.9 Å². The zero-order chi connectivity index (χ0) is 30.1. The summed E-state index contributed by atoms with van der Waals surface area (Å²) in [6, 6.07) is 48.3. The van der Waals surface area contributed by atoms with Crippen molar-refractivity contribution in [2.24, 2.45) is 0 Å². The summed E-state index contributed by atoms with van der Waals surface area (Å²) in [5.74, 6) is 0. The number of hydrogen-bond donors (Lipinski definition) is 0. The van der Waals surface area contributed by atoms with Crippen LogP contribution in [0.2, 0.25) is 0 Å². The highest BCUT2D eigenvalue weighted by molar-refractivity contribution is 6.62. The number of hydrogen-bond acceptors (Lipinski definition) is 3. The smallest absolute Gasteiger partial charge is 0.399 e. The molecule has 214 valence electrons. The Hall–Kier alpha value is -4.64. The van der Waals surface area contributed by atoms with E-state index in [1.807, 2.05) is 0 Å². The van der Waals surface area contributed by atoms with E-state index in [-0.39, 0.29) is 18.3 Å². The maximum atomic E-state index is 6.34. The van der Waals surface area contributed by atoms with Gasteiger partial charge in [-0.2, -0.15) is 0 Å². The summed E-state index contributed by atoms with van der Waals surface area (Å²) in [6.45, 7) is 8.38. The third-order valence-electron chi connectivity index (χ3n) is 9.63. The minimum absolute atomic E-state index is 0.368. The third-order valence-corrected chi connectivity index (χ3v) is 9.63. The first kappa shape index (κ1) is 27.0. The standard InChI is InChI=1S/C40H34BNO2/c1-39(2)40(3,4)44-41(43-39)32-19-22-35-30(24-32)16-17-31-26-34(21-23-36(31)35)42(33-20-18-27-10-5-6-12-29(27)25-33)38-15-9-13-28-11-7-8-14-37(28)38/h5-26H,1-4H3. The van der Waals surface area contributed by atoms with Crippen LogP contribution >= 0.6 is 0 Å². The molecule has 0 N–H and O–H groups in total. The van der Waals surface area contributed by atoms with Crippen LogP contribution in [0.15, 0.2) is 133 Å². The second-order valence-corrected chi connectivity index (χ2v) is 12.9. The highest BCUT2D eigenvalue weighted by Gasteiger charge is 2.51. The van der Waals surface area contributed by atoms with Crippen LogP contribution in [0.25, 0.3) is 43.1 Å². The average molecular weight is 572 g/mol. The highest BCUT2D eigenvalue weighted by Crippen LogP contribution is 2.42. The molecule has 1 heterocycles. The molecule has 0 saturated carbocycles. The predicted octanol–water partition coefficient (Wildman–Crippen LogP) is 10.1. The van der Waals surface area contributed by atoms with Crippen molar-refractivity contribution in [2.45, 2.75) is 38.9 Å². The second kappa shape index (κ2) is 9.95.